The van der Waals surface area contributed by atoms with Gasteiger partial charge >= 0.3 is 0 Å². The van der Waals surface area contributed by atoms with Crippen LogP contribution < -0.4 is 15.4 Å². The van der Waals surface area contributed by atoms with Crippen molar-refractivity contribution < 1.29 is 9.53 Å². The highest BCUT2D eigenvalue weighted by Gasteiger charge is 2.23. The summed E-state index contributed by atoms with van der Waals surface area (Å²) in [5.74, 6) is 0.899. The molecule has 1 aliphatic rings. The molecule has 0 aliphatic carbocycles. The minimum absolute atomic E-state index is 0. The Labute approximate surface area is 120 Å². The lowest BCUT2D eigenvalue weighted by Gasteiger charge is -2.18. The third-order valence-electron chi connectivity index (χ3n) is 3.33. The molecule has 5 heteroatoms. The summed E-state index contributed by atoms with van der Waals surface area (Å²) < 4.78 is 5.18. The molecule has 1 heterocycles. The molecular formula is C14H21ClN2O2. The van der Waals surface area contributed by atoms with Crippen LogP contribution in [0.1, 0.15) is 31.4 Å². The van der Waals surface area contributed by atoms with E-state index in [1.54, 1.807) is 7.11 Å². The molecule has 1 amide bonds. The molecule has 106 valence electrons. The number of methoxy groups -OCH3 is 1. The van der Waals surface area contributed by atoms with Crippen LogP contribution >= 0.6 is 12.4 Å². The molecule has 2 N–H and O–H groups in total. The molecule has 1 aliphatic heterocycles. The summed E-state index contributed by atoms with van der Waals surface area (Å²) in [7, 11) is 1.64. The smallest absolute Gasteiger partial charge is 0.237 e. The maximum absolute atomic E-state index is 12.0. The van der Waals surface area contributed by atoms with Crippen LogP contribution in [-0.4, -0.2) is 25.6 Å². The van der Waals surface area contributed by atoms with Crippen LogP contribution in [0.2, 0.25) is 0 Å². The maximum atomic E-state index is 12.0. The zero-order chi connectivity index (χ0) is 13.0. The second kappa shape index (κ2) is 7.36. The molecule has 0 radical (unpaired) electrons. The van der Waals surface area contributed by atoms with E-state index in [9.17, 15) is 4.79 Å². The number of hydrogen-bond donors (Lipinski definition) is 2. The van der Waals surface area contributed by atoms with Gasteiger partial charge in [0.2, 0.25) is 5.91 Å². The average molecular weight is 285 g/mol. The van der Waals surface area contributed by atoms with Crippen molar-refractivity contribution in [3.05, 3.63) is 29.8 Å². The molecule has 0 bridgehead atoms. The van der Waals surface area contributed by atoms with Gasteiger partial charge in [-0.3, -0.25) is 4.79 Å². The summed E-state index contributed by atoms with van der Waals surface area (Å²) in [6, 6.07) is 7.75. The third-order valence-corrected chi connectivity index (χ3v) is 3.33. The van der Waals surface area contributed by atoms with Crippen LogP contribution in [0.4, 0.5) is 0 Å². The number of amides is 1. The highest BCUT2D eigenvalue weighted by Crippen LogP contribution is 2.19. The van der Waals surface area contributed by atoms with Crippen LogP contribution in [0.15, 0.2) is 24.3 Å². The number of carbonyl (C=O) groups excluding carboxylic acids is 1. The number of hydrogen-bond acceptors (Lipinski definition) is 3. The van der Waals surface area contributed by atoms with E-state index in [1.165, 1.54) is 0 Å². The van der Waals surface area contributed by atoms with Crippen LogP contribution in [0.3, 0.4) is 0 Å². The zero-order valence-electron chi connectivity index (χ0n) is 11.3. The van der Waals surface area contributed by atoms with Crippen molar-refractivity contribution in [1.82, 2.24) is 10.6 Å². The van der Waals surface area contributed by atoms with Gasteiger partial charge in [-0.1, -0.05) is 12.1 Å². The monoisotopic (exact) mass is 284 g/mol. The Balaban J connectivity index is 0.00000180. The van der Waals surface area contributed by atoms with Gasteiger partial charge in [0.25, 0.3) is 0 Å². The Morgan fingerprint density at radius 3 is 2.95 bits per heavy atom. The predicted octanol–water partition coefficient (Wildman–Crippen LogP) is 2.05. The second-order valence-electron chi connectivity index (χ2n) is 4.66. The summed E-state index contributed by atoms with van der Waals surface area (Å²) in [4.78, 5) is 12.0. The first-order valence-corrected chi connectivity index (χ1v) is 6.38. The van der Waals surface area contributed by atoms with E-state index in [4.69, 9.17) is 4.74 Å². The quantitative estimate of drug-likeness (QED) is 0.890. The van der Waals surface area contributed by atoms with Crippen molar-refractivity contribution in [3.8, 4) is 5.75 Å². The molecule has 19 heavy (non-hydrogen) atoms. The summed E-state index contributed by atoms with van der Waals surface area (Å²) >= 11 is 0. The van der Waals surface area contributed by atoms with E-state index >= 15 is 0 Å². The number of ether oxygens (including phenoxy) is 1. The molecule has 1 aromatic carbocycles. The van der Waals surface area contributed by atoms with Crippen molar-refractivity contribution >= 4 is 18.3 Å². The second-order valence-corrected chi connectivity index (χ2v) is 4.66. The van der Waals surface area contributed by atoms with Gasteiger partial charge in [-0.15, -0.1) is 12.4 Å². The summed E-state index contributed by atoms with van der Waals surface area (Å²) in [6.07, 6.45) is 2.00. The van der Waals surface area contributed by atoms with Crippen LogP contribution in [0.5, 0.6) is 5.75 Å². The SMILES string of the molecule is COc1cccc(C(C)NC(=O)C2CCCN2)c1.Cl. The van der Waals surface area contributed by atoms with E-state index in [-0.39, 0.29) is 30.4 Å². The standard InChI is InChI=1S/C14H20N2O2.ClH/c1-10(11-5-3-6-12(9-11)18-2)16-14(17)13-7-4-8-15-13;/h3,5-6,9-10,13,15H,4,7-8H2,1-2H3,(H,16,17);1H. The zero-order valence-corrected chi connectivity index (χ0v) is 12.1. The number of rotatable bonds is 4. The molecule has 1 aromatic rings. The minimum atomic E-state index is -0.0296. The molecule has 2 atom stereocenters. The summed E-state index contributed by atoms with van der Waals surface area (Å²) in [6.45, 7) is 2.92. The van der Waals surface area contributed by atoms with Gasteiger partial charge in [0.1, 0.15) is 5.75 Å². The molecule has 4 nitrogen and oxygen atoms in total. The van der Waals surface area contributed by atoms with E-state index in [0.29, 0.717) is 0 Å². The topological polar surface area (TPSA) is 50.4 Å². The summed E-state index contributed by atoms with van der Waals surface area (Å²) in [5, 5.41) is 6.23. The fourth-order valence-electron chi connectivity index (χ4n) is 2.22. The first-order valence-electron chi connectivity index (χ1n) is 6.38. The lowest BCUT2D eigenvalue weighted by molar-refractivity contribution is -0.123. The van der Waals surface area contributed by atoms with Crippen molar-refractivity contribution in [2.24, 2.45) is 0 Å². The highest BCUT2D eigenvalue weighted by atomic mass is 35.5. The minimum Gasteiger partial charge on any atom is -0.497 e. The summed E-state index contributed by atoms with van der Waals surface area (Å²) in [5.41, 5.74) is 1.06. The Morgan fingerprint density at radius 1 is 1.53 bits per heavy atom. The number of nitrogens with one attached hydrogen (secondary N) is 2. The van der Waals surface area contributed by atoms with Crippen molar-refractivity contribution in [3.63, 3.8) is 0 Å². The highest BCUT2D eigenvalue weighted by molar-refractivity contribution is 5.85. The number of halogens is 1. The van der Waals surface area contributed by atoms with E-state index in [1.807, 2.05) is 31.2 Å². The molecule has 0 aromatic heterocycles. The maximum Gasteiger partial charge on any atom is 0.237 e. The van der Waals surface area contributed by atoms with Gasteiger partial charge in [-0.05, 0) is 44.0 Å². The van der Waals surface area contributed by atoms with Gasteiger partial charge in [-0.2, -0.15) is 0 Å². The Hall–Kier alpha value is -1.26. The number of benzene rings is 1. The first kappa shape index (κ1) is 15.8. The molecule has 2 rings (SSSR count). The van der Waals surface area contributed by atoms with E-state index < -0.39 is 0 Å². The van der Waals surface area contributed by atoms with Crippen LogP contribution in [0, 0.1) is 0 Å². The fraction of sp³-hybridized carbons (Fsp3) is 0.500. The predicted molar refractivity (Wildman–Crippen MR) is 77.8 cm³/mol. The first-order chi connectivity index (χ1) is 8.70. The Bertz CT molecular complexity index is 420. The van der Waals surface area contributed by atoms with Gasteiger partial charge in [0.15, 0.2) is 0 Å². The largest absolute Gasteiger partial charge is 0.497 e. The van der Waals surface area contributed by atoms with Crippen LogP contribution in [-0.2, 0) is 4.79 Å². The number of carbonyl (C=O) groups is 1. The molecule has 0 saturated carbocycles. The third kappa shape index (κ3) is 4.11. The van der Waals surface area contributed by atoms with Crippen molar-refractivity contribution in [2.45, 2.75) is 31.8 Å². The lowest BCUT2D eigenvalue weighted by Crippen LogP contribution is -2.41. The Kier molecular flexibility index (Phi) is 6.12. The van der Waals surface area contributed by atoms with Crippen LogP contribution in [0.25, 0.3) is 0 Å². The fourth-order valence-corrected chi connectivity index (χ4v) is 2.22. The molecule has 2 unspecified atom stereocenters. The van der Waals surface area contributed by atoms with E-state index in [0.717, 1.165) is 30.7 Å². The van der Waals surface area contributed by atoms with Crippen molar-refractivity contribution in [1.29, 1.82) is 0 Å². The van der Waals surface area contributed by atoms with Gasteiger partial charge < -0.3 is 15.4 Å². The van der Waals surface area contributed by atoms with E-state index in [2.05, 4.69) is 10.6 Å². The molecule has 1 fully saturated rings. The molecule has 1 saturated heterocycles. The van der Waals surface area contributed by atoms with Gasteiger partial charge in [0, 0.05) is 0 Å². The lowest BCUT2D eigenvalue weighted by atomic mass is 10.1. The van der Waals surface area contributed by atoms with Crippen molar-refractivity contribution in [2.75, 3.05) is 13.7 Å². The normalized spacial score (nSPS) is 19.4. The average Bonchev–Trinajstić information content (AvgIpc) is 2.92. The Morgan fingerprint density at radius 2 is 2.32 bits per heavy atom. The van der Waals surface area contributed by atoms with Gasteiger partial charge in [-0.25, -0.2) is 0 Å². The van der Waals surface area contributed by atoms with Gasteiger partial charge in [0.05, 0.1) is 19.2 Å². The molecule has 0 spiro atoms. The molecular weight excluding hydrogens is 264 g/mol.